The first kappa shape index (κ1) is 26.9. The maximum absolute atomic E-state index is 13.3. The fourth-order valence-electron chi connectivity index (χ4n) is 3.75. The predicted octanol–water partition coefficient (Wildman–Crippen LogP) is 4.44. The summed E-state index contributed by atoms with van der Waals surface area (Å²) in [5.41, 5.74) is 0.287. The Labute approximate surface area is 226 Å². The van der Waals surface area contributed by atoms with Gasteiger partial charge in [0.2, 0.25) is 11.8 Å². The largest absolute Gasteiger partial charge is 0.296 e. The Morgan fingerprint density at radius 1 is 1.03 bits per heavy atom. The van der Waals surface area contributed by atoms with Crippen LogP contribution < -0.4 is 4.90 Å². The average Bonchev–Trinajstić information content (AvgIpc) is 3.25. The van der Waals surface area contributed by atoms with Crippen LogP contribution in [0.1, 0.15) is 18.9 Å². The molecule has 196 valence electrons. The summed E-state index contributed by atoms with van der Waals surface area (Å²) in [6, 6.07) is 18.4. The smallest absolute Gasteiger partial charge is 0.274 e. The van der Waals surface area contributed by atoms with Gasteiger partial charge in [-0.1, -0.05) is 54.1 Å². The molecule has 0 radical (unpaired) electrons. The van der Waals surface area contributed by atoms with Crippen molar-refractivity contribution < 1.29 is 24.1 Å². The molecule has 3 aromatic rings. The molecule has 0 saturated heterocycles. The van der Waals surface area contributed by atoms with Crippen molar-refractivity contribution in [2.75, 3.05) is 4.90 Å². The van der Waals surface area contributed by atoms with Crippen molar-refractivity contribution in [1.82, 2.24) is 5.01 Å². The molecule has 0 aromatic heterocycles. The molecule has 13 heteroatoms. The number of hydrogen-bond acceptors (Lipinski definition) is 9. The molecule has 1 aliphatic rings. The van der Waals surface area contributed by atoms with E-state index in [4.69, 9.17) is 11.6 Å². The van der Waals surface area contributed by atoms with Gasteiger partial charge in [0.15, 0.2) is 11.7 Å². The summed E-state index contributed by atoms with van der Waals surface area (Å²) in [6.07, 6.45) is -0.854. The van der Waals surface area contributed by atoms with Crippen molar-refractivity contribution >= 4 is 58.0 Å². The third-order valence-electron chi connectivity index (χ3n) is 5.53. The monoisotopic (exact) mass is 546 g/mol. The van der Waals surface area contributed by atoms with Crippen molar-refractivity contribution in [3.05, 3.63) is 99.6 Å². The molecule has 1 aliphatic heterocycles. The highest BCUT2D eigenvalue weighted by molar-refractivity contribution is 6.30. The fraction of sp³-hybridized carbons (Fsp3) is 0.115. The number of nitrogens with zero attached hydrogens (tertiary/aromatic N) is 6. The number of anilines is 1. The fourth-order valence-corrected chi connectivity index (χ4v) is 3.88. The molecule has 0 N–H and O–H groups in total. The lowest BCUT2D eigenvalue weighted by atomic mass is 10.0. The molecular formula is C26H19ClN6O6. The maximum atomic E-state index is 13.3. The summed E-state index contributed by atoms with van der Waals surface area (Å²) in [5.74, 6) is -3.44. The van der Waals surface area contributed by atoms with E-state index in [1.807, 2.05) is 0 Å². The molecule has 0 fully saturated rings. The number of halogens is 1. The summed E-state index contributed by atoms with van der Waals surface area (Å²) in [4.78, 5) is 63.0. The van der Waals surface area contributed by atoms with Gasteiger partial charge in [0.25, 0.3) is 17.5 Å². The van der Waals surface area contributed by atoms with Crippen molar-refractivity contribution in [3.63, 3.8) is 0 Å². The summed E-state index contributed by atoms with van der Waals surface area (Å²) in [7, 11) is 0. The van der Waals surface area contributed by atoms with E-state index in [1.54, 1.807) is 30.3 Å². The van der Waals surface area contributed by atoms with Crippen LogP contribution in [0.25, 0.3) is 0 Å². The number of nitro groups is 1. The number of carbonyl (C=O) groups is 4. The van der Waals surface area contributed by atoms with Gasteiger partial charge in [-0.15, -0.1) is 5.11 Å². The second-order valence-electron chi connectivity index (χ2n) is 8.16. The average molecular weight is 547 g/mol. The van der Waals surface area contributed by atoms with Gasteiger partial charge < -0.3 is 0 Å². The van der Waals surface area contributed by atoms with Crippen LogP contribution >= 0.6 is 11.6 Å². The molecule has 0 unspecified atom stereocenters. The van der Waals surface area contributed by atoms with Gasteiger partial charge in [0.1, 0.15) is 12.1 Å². The topological polar surface area (TPSA) is 155 Å². The molecule has 4 amide bonds. The number of imide groups is 2. The van der Waals surface area contributed by atoms with Gasteiger partial charge in [-0.2, -0.15) is 15.2 Å². The van der Waals surface area contributed by atoms with Crippen LogP contribution in [-0.4, -0.2) is 45.3 Å². The second-order valence-corrected chi connectivity index (χ2v) is 8.60. The minimum Gasteiger partial charge on any atom is -0.274 e. The Morgan fingerprint density at radius 3 is 2.31 bits per heavy atom. The van der Waals surface area contributed by atoms with Crippen LogP contribution in [0, 0.1) is 10.1 Å². The summed E-state index contributed by atoms with van der Waals surface area (Å²) >= 11 is 5.88. The van der Waals surface area contributed by atoms with Crippen molar-refractivity contribution in [2.45, 2.75) is 19.4 Å². The van der Waals surface area contributed by atoms with E-state index >= 15 is 0 Å². The molecule has 3 aromatic carbocycles. The number of benzene rings is 3. The number of azo groups is 1. The quantitative estimate of drug-likeness (QED) is 0.184. The Morgan fingerprint density at radius 2 is 1.67 bits per heavy atom. The third-order valence-corrected chi connectivity index (χ3v) is 5.78. The zero-order chi connectivity index (χ0) is 28.1. The predicted molar refractivity (Wildman–Crippen MR) is 140 cm³/mol. The van der Waals surface area contributed by atoms with E-state index in [0.717, 1.165) is 11.8 Å². The number of nitro benzene ring substituents is 1. The normalized spacial score (nSPS) is 14.8. The Hall–Kier alpha value is -5.10. The number of hydrazone groups is 1. The maximum Gasteiger partial charge on any atom is 0.296 e. The molecule has 0 bridgehead atoms. The van der Waals surface area contributed by atoms with E-state index in [-0.39, 0.29) is 22.8 Å². The molecule has 0 spiro atoms. The Balaban J connectivity index is 1.62. The Bertz CT molecular complexity index is 1520. The van der Waals surface area contributed by atoms with Crippen LogP contribution in [0.3, 0.4) is 0 Å². The lowest BCUT2D eigenvalue weighted by Gasteiger charge is -2.20. The first-order valence-corrected chi connectivity index (χ1v) is 11.8. The number of hydrogen-bond donors (Lipinski definition) is 0. The first-order valence-electron chi connectivity index (χ1n) is 11.4. The van der Waals surface area contributed by atoms with Crippen molar-refractivity contribution in [2.24, 2.45) is 15.3 Å². The third kappa shape index (κ3) is 5.91. The van der Waals surface area contributed by atoms with Gasteiger partial charge >= 0.3 is 0 Å². The molecule has 0 aliphatic carbocycles. The van der Waals surface area contributed by atoms with Crippen LogP contribution in [0.15, 0.2) is 94.2 Å². The van der Waals surface area contributed by atoms with Crippen molar-refractivity contribution in [1.29, 1.82) is 0 Å². The van der Waals surface area contributed by atoms with Crippen molar-refractivity contribution in [3.8, 4) is 0 Å². The SMILES string of the molecule is CC(=O)N(C(=O)CC(=O)N1N=C(c2ccccc2)[C@@H](N=Nc2ccccc2[N+](=O)[O-])C1=O)c1ccc(Cl)cc1. The lowest BCUT2D eigenvalue weighted by Crippen LogP contribution is -2.41. The minimum atomic E-state index is -1.41. The summed E-state index contributed by atoms with van der Waals surface area (Å²) in [6.45, 7) is 1.16. The van der Waals surface area contributed by atoms with E-state index in [9.17, 15) is 29.3 Å². The van der Waals surface area contributed by atoms with E-state index in [1.165, 1.54) is 48.5 Å². The number of rotatable bonds is 7. The molecule has 1 atom stereocenters. The zero-order valence-electron chi connectivity index (χ0n) is 20.3. The Kier molecular flexibility index (Phi) is 7.96. The lowest BCUT2D eigenvalue weighted by molar-refractivity contribution is -0.384. The van der Waals surface area contributed by atoms with E-state index in [2.05, 4.69) is 15.3 Å². The summed E-state index contributed by atoms with van der Waals surface area (Å²) < 4.78 is 0. The van der Waals surface area contributed by atoms with Gasteiger partial charge in [-0.25, -0.2) is 0 Å². The van der Waals surface area contributed by atoms with Gasteiger partial charge in [0, 0.05) is 23.6 Å². The second kappa shape index (κ2) is 11.5. The minimum absolute atomic E-state index is 0.0601. The number of para-hydroxylation sites is 1. The molecule has 4 rings (SSSR count). The standard InChI is InChI=1S/C26H19ClN6O6/c1-16(34)31(19-13-11-18(27)12-14-19)22(35)15-23(36)32-26(37)25(24(30-32)17-7-3-2-4-8-17)29-28-20-9-5-6-10-21(20)33(38)39/h2-14,25H,15H2,1H3/t25-/m1/s1. The van der Waals surface area contributed by atoms with Crippen LogP contribution in [-0.2, 0) is 19.2 Å². The molecule has 39 heavy (non-hydrogen) atoms. The van der Waals surface area contributed by atoms with Crippen LogP contribution in [0.5, 0.6) is 0 Å². The van der Waals surface area contributed by atoms with Gasteiger partial charge in [-0.05, 0) is 30.3 Å². The van der Waals surface area contributed by atoms with E-state index < -0.39 is 41.0 Å². The summed E-state index contributed by atoms with van der Waals surface area (Å²) in [5, 5.41) is 24.2. The molecule has 0 saturated carbocycles. The molecular weight excluding hydrogens is 528 g/mol. The highest BCUT2D eigenvalue weighted by atomic mass is 35.5. The number of amides is 4. The van der Waals surface area contributed by atoms with Gasteiger partial charge in [-0.3, -0.25) is 34.2 Å². The highest BCUT2D eigenvalue weighted by Gasteiger charge is 2.41. The molecule has 12 nitrogen and oxygen atoms in total. The highest BCUT2D eigenvalue weighted by Crippen LogP contribution is 2.28. The van der Waals surface area contributed by atoms with Crippen LogP contribution in [0.2, 0.25) is 5.02 Å². The van der Waals surface area contributed by atoms with E-state index in [0.29, 0.717) is 15.6 Å². The molecule has 1 heterocycles. The van der Waals surface area contributed by atoms with Gasteiger partial charge in [0.05, 0.1) is 10.6 Å². The number of carbonyl (C=O) groups excluding carboxylic acids is 4. The zero-order valence-corrected chi connectivity index (χ0v) is 21.1. The first-order chi connectivity index (χ1) is 18.7. The van der Waals surface area contributed by atoms with Crippen LogP contribution in [0.4, 0.5) is 17.1 Å².